The van der Waals surface area contributed by atoms with Crippen LogP contribution in [0.3, 0.4) is 0 Å². The number of benzene rings is 2. The number of halogens is 1. The number of hydrogen-bond donors (Lipinski definition) is 2. The molecule has 0 saturated carbocycles. The summed E-state index contributed by atoms with van der Waals surface area (Å²) in [5.41, 5.74) is -0.320. The third-order valence-electron chi connectivity index (χ3n) is 7.97. The zero-order valence-electron chi connectivity index (χ0n) is 23.5. The Morgan fingerprint density at radius 1 is 1.15 bits per heavy atom. The Labute approximate surface area is 248 Å². The van der Waals surface area contributed by atoms with Crippen molar-refractivity contribution in [3.63, 3.8) is 0 Å². The van der Waals surface area contributed by atoms with Gasteiger partial charge in [0, 0.05) is 17.8 Å². The lowest BCUT2D eigenvalue weighted by molar-refractivity contribution is -0.206. The molecule has 2 N–H and O–H groups in total. The number of likely N-dealkylation sites (tertiary alicyclic amines) is 2. The second-order valence-corrected chi connectivity index (χ2v) is 15.2. The lowest BCUT2D eigenvalue weighted by atomic mass is 9.70. The van der Waals surface area contributed by atoms with Gasteiger partial charge in [-0.1, -0.05) is 56.6 Å². The third kappa shape index (κ3) is 5.36. The minimum absolute atomic E-state index is 0.0856. The van der Waals surface area contributed by atoms with Crippen LogP contribution < -0.4 is 10.0 Å². The number of thiophene rings is 1. The molecule has 2 aliphatic heterocycles. The van der Waals surface area contributed by atoms with E-state index in [4.69, 9.17) is 11.6 Å². The molecule has 218 valence electrons. The van der Waals surface area contributed by atoms with Crippen molar-refractivity contribution < 1.29 is 22.8 Å². The quantitative estimate of drug-likeness (QED) is 0.419. The summed E-state index contributed by atoms with van der Waals surface area (Å²) >= 11 is 7.49. The smallest absolute Gasteiger partial charge is 0.262 e. The second kappa shape index (κ2) is 10.4. The standard InChI is InChI=1S/C29H33ClN4O5S2/c1-17-10-11-22(19(30)12-17)41(38,39)31-14-24(35)33-16-29(5)23(33)15-34(29)27(37)25(28(2,3)4)32-26(36)21-13-18-8-6-7-9-20(18)40-21/h6-13,23,25,31H,14-16H2,1-5H3,(H,32,36)/t23-,25?,29?/m1/s1. The predicted molar refractivity (Wildman–Crippen MR) is 160 cm³/mol. The molecule has 5 rings (SSSR count). The summed E-state index contributed by atoms with van der Waals surface area (Å²) in [6.45, 7) is 9.60. The summed E-state index contributed by atoms with van der Waals surface area (Å²) in [5.74, 6) is -0.877. The monoisotopic (exact) mass is 616 g/mol. The topological polar surface area (TPSA) is 116 Å². The van der Waals surface area contributed by atoms with Crippen LogP contribution in [0.15, 0.2) is 53.4 Å². The fourth-order valence-electron chi connectivity index (χ4n) is 5.48. The molecule has 0 aliphatic carbocycles. The number of carbonyl (C=O) groups excluding carboxylic acids is 3. The molecule has 2 aromatic carbocycles. The van der Waals surface area contributed by atoms with Crippen LogP contribution in [-0.2, 0) is 19.6 Å². The SMILES string of the molecule is Cc1ccc(S(=O)(=O)NCC(=O)N2CC3(C)[C@H]2CN3C(=O)C(NC(=O)c2cc3ccccc3s2)C(C)(C)C)c(Cl)c1. The van der Waals surface area contributed by atoms with Crippen LogP contribution in [0, 0.1) is 12.3 Å². The van der Waals surface area contributed by atoms with Crippen molar-refractivity contribution in [1.82, 2.24) is 19.8 Å². The van der Waals surface area contributed by atoms with Crippen LogP contribution in [-0.4, -0.2) is 73.2 Å². The fourth-order valence-corrected chi connectivity index (χ4v) is 8.01. The molecule has 0 bridgehead atoms. The molecule has 2 fully saturated rings. The highest BCUT2D eigenvalue weighted by Crippen LogP contribution is 2.45. The molecular weight excluding hydrogens is 584 g/mol. The lowest BCUT2D eigenvalue weighted by Crippen LogP contribution is -2.89. The molecule has 0 radical (unpaired) electrons. The van der Waals surface area contributed by atoms with Crippen molar-refractivity contribution in [2.45, 2.75) is 57.1 Å². The summed E-state index contributed by atoms with van der Waals surface area (Å²) in [4.78, 5) is 43.6. The molecular formula is C29H33ClN4O5S2. The van der Waals surface area contributed by atoms with Crippen LogP contribution in [0.1, 0.15) is 42.9 Å². The first-order valence-corrected chi connectivity index (χ1v) is 16.0. The molecule has 3 atom stereocenters. The normalized spacial score (nSPS) is 21.1. The highest BCUT2D eigenvalue weighted by Gasteiger charge is 2.65. The minimum atomic E-state index is -3.98. The number of rotatable bonds is 7. The van der Waals surface area contributed by atoms with Crippen molar-refractivity contribution in [2.24, 2.45) is 5.41 Å². The third-order valence-corrected chi connectivity index (χ3v) is 11.0. The molecule has 12 heteroatoms. The average molecular weight is 617 g/mol. The maximum Gasteiger partial charge on any atom is 0.262 e. The Kier molecular flexibility index (Phi) is 7.47. The number of fused-ring (bicyclic) bond motifs is 2. The van der Waals surface area contributed by atoms with Crippen LogP contribution in [0.5, 0.6) is 0 Å². The Hall–Kier alpha value is -2.99. The number of amides is 3. The van der Waals surface area contributed by atoms with E-state index in [1.807, 2.05) is 58.0 Å². The number of aryl methyl sites for hydroxylation is 1. The maximum atomic E-state index is 13.8. The van der Waals surface area contributed by atoms with Gasteiger partial charge in [-0.2, -0.15) is 0 Å². The molecule has 3 aromatic rings. The molecule has 3 amide bonds. The van der Waals surface area contributed by atoms with Gasteiger partial charge < -0.3 is 15.1 Å². The van der Waals surface area contributed by atoms with E-state index in [1.165, 1.54) is 17.4 Å². The number of nitrogens with one attached hydrogen (secondary N) is 2. The Bertz CT molecular complexity index is 1630. The van der Waals surface area contributed by atoms with Gasteiger partial charge in [0.15, 0.2) is 0 Å². The molecule has 2 unspecified atom stereocenters. The first-order chi connectivity index (χ1) is 19.1. The molecule has 41 heavy (non-hydrogen) atoms. The van der Waals surface area contributed by atoms with Crippen LogP contribution in [0.4, 0.5) is 0 Å². The summed E-state index contributed by atoms with van der Waals surface area (Å²) in [7, 11) is -3.98. The summed E-state index contributed by atoms with van der Waals surface area (Å²) in [6, 6.07) is 13.2. The van der Waals surface area contributed by atoms with Crippen LogP contribution >= 0.6 is 22.9 Å². The van der Waals surface area contributed by atoms with E-state index < -0.39 is 33.6 Å². The first-order valence-electron chi connectivity index (χ1n) is 13.3. The van der Waals surface area contributed by atoms with E-state index in [-0.39, 0.29) is 40.2 Å². The van der Waals surface area contributed by atoms with Gasteiger partial charge in [-0.25, -0.2) is 13.1 Å². The number of hydrogen-bond acceptors (Lipinski definition) is 6. The Morgan fingerprint density at radius 3 is 2.46 bits per heavy atom. The first kappa shape index (κ1) is 29.5. The maximum absolute atomic E-state index is 13.8. The van der Waals surface area contributed by atoms with E-state index in [9.17, 15) is 22.8 Å². The van der Waals surface area contributed by atoms with Gasteiger partial charge >= 0.3 is 0 Å². The lowest BCUT2D eigenvalue weighted by Gasteiger charge is -2.69. The van der Waals surface area contributed by atoms with Gasteiger partial charge in [-0.15, -0.1) is 11.3 Å². The molecule has 0 spiro atoms. The fraction of sp³-hybridized carbons (Fsp3) is 0.414. The van der Waals surface area contributed by atoms with E-state index in [1.54, 1.807) is 28.9 Å². The Balaban J connectivity index is 1.22. The molecule has 2 aliphatic rings. The van der Waals surface area contributed by atoms with E-state index in [0.717, 1.165) is 15.6 Å². The van der Waals surface area contributed by atoms with E-state index in [2.05, 4.69) is 10.0 Å². The zero-order chi connectivity index (χ0) is 29.9. The molecule has 3 heterocycles. The number of sulfonamides is 1. The van der Waals surface area contributed by atoms with E-state index >= 15 is 0 Å². The van der Waals surface area contributed by atoms with Gasteiger partial charge in [0.25, 0.3) is 5.91 Å². The predicted octanol–water partition coefficient (Wildman–Crippen LogP) is 3.80. The van der Waals surface area contributed by atoms with Crippen molar-refractivity contribution >= 4 is 60.8 Å². The van der Waals surface area contributed by atoms with Crippen molar-refractivity contribution in [3.05, 3.63) is 64.0 Å². The van der Waals surface area contributed by atoms with E-state index in [0.29, 0.717) is 11.4 Å². The number of carbonyl (C=O) groups is 3. The van der Waals surface area contributed by atoms with Gasteiger partial charge in [-0.05, 0) is 54.5 Å². The number of piperazine rings is 1. The largest absolute Gasteiger partial charge is 0.339 e. The minimum Gasteiger partial charge on any atom is -0.339 e. The van der Waals surface area contributed by atoms with Crippen molar-refractivity contribution in [1.29, 1.82) is 0 Å². The molecule has 2 saturated heterocycles. The molecule has 9 nitrogen and oxygen atoms in total. The zero-order valence-corrected chi connectivity index (χ0v) is 25.9. The van der Waals surface area contributed by atoms with Gasteiger partial charge in [0.2, 0.25) is 21.8 Å². The van der Waals surface area contributed by atoms with Crippen molar-refractivity contribution in [2.75, 3.05) is 19.6 Å². The summed E-state index contributed by atoms with van der Waals surface area (Å²) in [5, 5.41) is 4.03. The highest BCUT2D eigenvalue weighted by atomic mass is 35.5. The van der Waals surface area contributed by atoms with Crippen LogP contribution in [0.25, 0.3) is 10.1 Å². The number of nitrogens with zero attached hydrogens (tertiary/aromatic N) is 2. The average Bonchev–Trinajstić information content (AvgIpc) is 3.33. The van der Waals surface area contributed by atoms with Gasteiger partial charge in [0.1, 0.15) is 10.9 Å². The van der Waals surface area contributed by atoms with Crippen LogP contribution in [0.2, 0.25) is 5.02 Å². The van der Waals surface area contributed by atoms with Gasteiger partial charge in [0.05, 0.1) is 28.0 Å². The second-order valence-electron chi connectivity index (χ2n) is 12.0. The van der Waals surface area contributed by atoms with Crippen molar-refractivity contribution in [3.8, 4) is 0 Å². The summed E-state index contributed by atoms with van der Waals surface area (Å²) < 4.78 is 28.8. The highest BCUT2D eigenvalue weighted by molar-refractivity contribution is 7.89. The summed E-state index contributed by atoms with van der Waals surface area (Å²) in [6.07, 6.45) is 0. The molecule has 1 aromatic heterocycles. The Morgan fingerprint density at radius 2 is 1.85 bits per heavy atom. The van der Waals surface area contributed by atoms with Gasteiger partial charge in [-0.3, -0.25) is 14.4 Å².